The number of nitrogen functional groups attached to an aromatic ring is 1. The van der Waals surface area contributed by atoms with Crippen molar-refractivity contribution in [3.05, 3.63) is 23.8 Å². The van der Waals surface area contributed by atoms with Crippen molar-refractivity contribution >= 4 is 16.7 Å². The van der Waals surface area contributed by atoms with Gasteiger partial charge in [0.25, 0.3) is 0 Å². The molecule has 0 aliphatic carbocycles. The predicted octanol–water partition coefficient (Wildman–Crippen LogP) is 1.85. The van der Waals surface area contributed by atoms with E-state index in [4.69, 9.17) is 15.2 Å². The number of nitrogens with zero attached hydrogens (tertiary/aromatic N) is 1. The highest BCUT2D eigenvalue weighted by atomic mass is 16.7. The molecular formula is C11H10N2O2. The fraction of sp³-hybridized carbons (Fsp3) is 0.182. The van der Waals surface area contributed by atoms with Crippen molar-refractivity contribution in [1.29, 1.82) is 0 Å². The van der Waals surface area contributed by atoms with Gasteiger partial charge in [-0.1, -0.05) is 0 Å². The summed E-state index contributed by atoms with van der Waals surface area (Å²) in [6.07, 6.45) is 0. The average molecular weight is 202 g/mol. The Balaban J connectivity index is 2.38. The number of aryl methyl sites for hydroxylation is 1. The number of hydrogen-bond acceptors (Lipinski definition) is 4. The Morgan fingerprint density at radius 2 is 1.93 bits per heavy atom. The molecule has 0 amide bonds. The number of aromatic nitrogens is 1. The third-order valence-corrected chi connectivity index (χ3v) is 2.53. The Labute approximate surface area is 86.6 Å². The second kappa shape index (κ2) is 2.76. The minimum atomic E-state index is 0.278. The monoisotopic (exact) mass is 202 g/mol. The second-order valence-corrected chi connectivity index (χ2v) is 3.59. The van der Waals surface area contributed by atoms with E-state index in [0.29, 0.717) is 5.82 Å². The number of pyridine rings is 1. The highest BCUT2D eigenvalue weighted by Gasteiger charge is 2.15. The molecule has 4 nitrogen and oxygen atoms in total. The van der Waals surface area contributed by atoms with Gasteiger partial charge in [-0.25, -0.2) is 4.98 Å². The topological polar surface area (TPSA) is 57.4 Å². The molecule has 4 heteroatoms. The maximum Gasteiger partial charge on any atom is 0.231 e. The minimum absolute atomic E-state index is 0.278. The molecule has 76 valence electrons. The number of rotatable bonds is 0. The number of nitrogens with two attached hydrogens (primary N) is 1. The van der Waals surface area contributed by atoms with Gasteiger partial charge in [0.2, 0.25) is 6.79 Å². The molecule has 2 aromatic rings. The third kappa shape index (κ3) is 1.18. The number of hydrogen-bond donors (Lipinski definition) is 1. The van der Waals surface area contributed by atoms with Crippen LogP contribution in [0, 0.1) is 6.92 Å². The van der Waals surface area contributed by atoms with E-state index in [2.05, 4.69) is 4.98 Å². The zero-order valence-electron chi connectivity index (χ0n) is 8.28. The van der Waals surface area contributed by atoms with Gasteiger partial charge in [0.05, 0.1) is 5.52 Å². The molecule has 0 saturated carbocycles. The lowest BCUT2D eigenvalue weighted by atomic mass is 10.1. The smallest absolute Gasteiger partial charge is 0.231 e. The van der Waals surface area contributed by atoms with Gasteiger partial charge in [0.1, 0.15) is 5.82 Å². The van der Waals surface area contributed by atoms with Crippen molar-refractivity contribution in [2.45, 2.75) is 6.92 Å². The quantitative estimate of drug-likeness (QED) is 0.708. The summed E-state index contributed by atoms with van der Waals surface area (Å²) < 4.78 is 10.6. The van der Waals surface area contributed by atoms with Gasteiger partial charge in [0, 0.05) is 11.5 Å². The van der Waals surface area contributed by atoms with Crippen molar-refractivity contribution in [3.63, 3.8) is 0 Å². The highest BCUT2D eigenvalue weighted by Crippen LogP contribution is 2.36. The number of benzene rings is 1. The van der Waals surface area contributed by atoms with E-state index in [1.807, 2.05) is 25.1 Å². The van der Waals surface area contributed by atoms with E-state index in [-0.39, 0.29) is 6.79 Å². The molecular weight excluding hydrogens is 192 g/mol. The summed E-state index contributed by atoms with van der Waals surface area (Å²) in [6.45, 7) is 2.28. The summed E-state index contributed by atoms with van der Waals surface area (Å²) >= 11 is 0. The molecule has 2 N–H and O–H groups in total. The predicted molar refractivity (Wildman–Crippen MR) is 57.0 cm³/mol. The molecule has 1 aromatic carbocycles. The fourth-order valence-electron chi connectivity index (χ4n) is 1.81. The van der Waals surface area contributed by atoms with Gasteiger partial charge in [-0.2, -0.15) is 0 Å². The van der Waals surface area contributed by atoms with Crippen molar-refractivity contribution in [3.8, 4) is 11.5 Å². The van der Waals surface area contributed by atoms with E-state index in [9.17, 15) is 0 Å². The molecule has 2 heterocycles. The summed E-state index contributed by atoms with van der Waals surface area (Å²) in [4.78, 5) is 4.26. The van der Waals surface area contributed by atoms with Gasteiger partial charge in [-0.05, 0) is 24.6 Å². The molecule has 15 heavy (non-hydrogen) atoms. The number of ether oxygens (including phenoxy) is 2. The van der Waals surface area contributed by atoms with E-state index in [1.165, 1.54) is 0 Å². The van der Waals surface area contributed by atoms with Crippen LogP contribution in [0.4, 0.5) is 5.82 Å². The molecule has 0 fully saturated rings. The first-order chi connectivity index (χ1) is 7.24. The average Bonchev–Trinajstić information content (AvgIpc) is 2.61. The van der Waals surface area contributed by atoms with Crippen LogP contribution in [0.15, 0.2) is 18.2 Å². The van der Waals surface area contributed by atoms with Crippen LogP contribution in [0.25, 0.3) is 10.9 Å². The van der Waals surface area contributed by atoms with Crippen LogP contribution in [0.3, 0.4) is 0 Å². The summed E-state index contributed by atoms with van der Waals surface area (Å²) in [5.74, 6) is 2.04. The first-order valence-electron chi connectivity index (χ1n) is 4.70. The van der Waals surface area contributed by atoms with E-state index >= 15 is 0 Å². The highest BCUT2D eigenvalue weighted by molar-refractivity contribution is 5.87. The summed E-state index contributed by atoms with van der Waals surface area (Å²) in [7, 11) is 0. The van der Waals surface area contributed by atoms with Gasteiger partial charge in [0.15, 0.2) is 11.5 Å². The maximum atomic E-state index is 5.69. The summed E-state index contributed by atoms with van der Waals surface area (Å²) in [6, 6.07) is 5.66. The zero-order chi connectivity index (χ0) is 10.4. The molecule has 3 rings (SSSR count). The molecule has 1 aliphatic heterocycles. The van der Waals surface area contributed by atoms with Crippen LogP contribution in [0.5, 0.6) is 11.5 Å². The van der Waals surface area contributed by atoms with Crippen molar-refractivity contribution in [1.82, 2.24) is 4.98 Å². The fourth-order valence-corrected chi connectivity index (χ4v) is 1.81. The number of anilines is 1. The summed E-state index contributed by atoms with van der Waals surface area (Å²) in [5.41, 5.74) is 7.62. The van der Waals surface area contributed by atoms with Gasteiger partial charge in [-0.15, -0.1) is 0 Å². The Morgan fingerprint density at radius 1 is 1.20 bits per heavy atom. The van der Waals surface area contributed by atoms with Crippen molar-refractivity contribution < 1.29 is 9.47 Å². The van der Waals surface area contributed by atoms with Crippen LogP contribution in [-0.4, -0.2) is 11.8 Å². The third-order valence-electron chi connectivity index (χ3n) is 2.53. The first-order valence-corrected chi connectivity index (χ1v) is 4.70. The van der Waals surface area contributed by atoms with Crippen LogP contribution in [0.1, 0.15) is 5.56 Å². The molecule has 0 bridgehead atoms. The normalized spacial score (nSPS) is 13.4. The van der Waals surface area contributed by atoms with Crippen LogP contribution in [-0.2, 0) is 0 Å². The Hall–Kier alpha value is -1.97. The standard InChI is InChI=1S/C11H10N2O2/c1-6-2-11(12)13-8-4-10-9(3-7(6)8)14-5-15-10/h2-4H,5H2,1H3,(H2,12,13). The lowest BCUT2D eigenvalue weighted by Crippen LogP contribution is -1.92. The zero-order valence-corrected chi connectivity index (χ0v) is 8.28. The van der Waals surface area contributed by atoms with E-state index < -0.39 is 0 Å². The first kappa shape index (κ1) is 8.35. The molecule has 0 saturated heterocycles. The van der Waals surface area contributed by atoms with Crippen molar-refractivity contribution in [2.24, 2.45) is 0 Å². The molecule has 0 unspecified atom stereocenters. The van der Waals surface area contributed by atoms with Crippen LogP contribution >= 0.6 is 0 Å². The largest absolute Gasteiger partial charge is 0.454 e. The Morgan fingerprint density at radius 3 is 2.73 bits per heavy atom. The van der Waals surface area contributed by atoms with Crippen LogP contribution in [0.2, 0.25) is 0 Å². The molecule has 1 aromatic heterocycles. The van der Waals surface area contributed by atoms with E-state index in [0.717, 1.165) is 28.0 Å². The Bertz CT molecular complexity index is 552. The maximum absolute atomic E-state index is 5.69. The second-order valence-electron chi connectivity index (χ2n) is 3.59. The lowest BCUT2D eigenvalue weighted by Gasteiger charge is -2.04. The molecule has 0 radical (unpaired) electrons. The van der Waals surface area contributed by atoms with E-state index in [1.54, 1.807) is 0 Å². The van der Waals surface area contributed by atoms with Gasteiger partial charge in [-0.3, -0.25) is 0 Å². The number of fused-ring (bicyclic) bond motifs is 2. The molecule has 1 aliphatic rings. The molecule has 0 atom stereocenters. The summed E-state index contributed by atoms with van der Waals surface area (Å²) in [5, 5.41) is 1.05. The lowest BCUT2D eigenvalue weighted by molar-refractivity contribution is 0.174. The SMILES string of the molecule is Cc1cc(N)nc2cc3c(cc12)OCO3. The Kier molecular flexibility index (Phi) is 1.54. The molecule has 0 spiro atoms. The van der Waals surface area contributed by atoms with Gasteiger partial charge >= 0.3 is 0 Å². The van der Waals surface area contributed by atoms with Crippen LogP contribution < -0.4 is 15.2 Å². The minimum Gasteiger partial charge on any atom is -0.454 e. The van der Waals surface area contributed by atoms with Crippen molar-refractivity contribution in [2.75, 3.05) is 12.5 Å². The van der Waals surface area contributed by atoms with Gasteiger partial charge < -0.3 is 15.2 Å².